The molecule has 0 unspecified atom stereocenters. The zero-order valence-electron chi connectivity index (χ0n) is 5.16. The molecule has 0 amide bonds. The van der Waals surface area contributed by atoms with Crippen molar-refractivity contribution in [2.24, 2.45) is 0 Å². The van der Waals surface area contributed by atoms with Crippen LogP contribution in [0.5, 0.6) is 0 Å². The van der Waals surface area contributed by atoms with E-state index in [1.807, 2.05) is 0 Å². The Morgan fingerprint density at radius 1 is 1.60 bits per heavy atom. The highest BCUT2D eigenvalue weighted by atomic mass is 16.3. The molecular weight excluding hydrogens is 128 g/mol. The summed E-state index contributed by atoms with van der Waals surface area (Å²) >= 11 is 0. The largest absolute Gasteiger partial charge is 0.460 e. The second-order valence-electron chi connectivity index (χ2n) is 1.87. The van der Waals surface area contributed by atoms with E-state index in [1.165, 1.54) is 0 Å². The molecule has 49 valence electrons. The third-order valence-corrected chi connectivity index (χ3v) is 1.22. The van der Waals surface area contributed by atoms with Gasteiger partial charge in [0, 0.05) is 12.4 Å². The molecule has 1 N–H and O–H groups in total. The van der Waals surface area contributed by atoms with E-state index in [-0.39, 0.29) is 0 Å². The molecule has 0 fully saturated rings. The van der Waals surface area contributed by atoms with Gasteiger partial charge in [0.25, 0.3) is 0 Å². The van der Waals surface area contributed by atoms with Gasteiger partial charge in [0.1, 0.15) is 5.82 Å². The number of nitrogens with zero attached hydrogens (tertiary/aromatic N) is 1. The van der Waals surface area contributed by atoms with Crippen LogP contribution >= 0.6 is 0 Å². The first-order valence-electron chi connectivity index (χ1n) is 2.92. The molecule has 2 rings (SSSR count). The number of nitrogens with one attached hydrogen (secondary N) is 1. The van der Waals surface area contributed by atoms with E-state index in [4.69, 9.17) is 4.42 Å². The summed E-state index contributed by atoms with van der Waals surface area (Å²) in [6.07, 6.45) is 7.69. The van der Waals surface area contributed by atoms with Crippen molar-refractivity contribution in [2.45, 2.75) is 0 Å². The lowest BCUT2D eigenvalue weighted by molar-refractivity contribution is 0.559. The Bertz CT molecular complexity index is 251. The number of aromatic amines is 1. The van der Waals surface area contributed by atoms with Crippen molar-refractivity contribution in [2.75, 3.05) is 0 Å². The maximum absolute atomic E-state index is 4.75. The average Bonchev–Trinajstić information content (AvgIpc) is 2.59. The Labute approximate surface area is 57.7 Å². The lowest BCUT2D eigenvalue weighted by Gasteiger charge is -1.83. The highest BCUT2D eigenvalue weighted by Gasteiger charge is 1.99. The van der Waals surface area contributed by atoms with Gasteiger partial charge >= 0.3 is 0 Å². The van der Waals surface area contributed by atoms with Crippen molar-refractivity contribution in [3.63, 3.8) is 0 Å². The van der Waals surface area contributed by atoms with E-state index in [2.05, 4.69) is 16.2 Å². The maximum Gasteiger partial charge on any atom is 0.180 e. The van der Waals surface area contributed by atoms with Crippen LogP contribution < -0.4 is 0 Å². The second kappa shape index (κ2) is 2.02. The van der Waals surface area contributed by atoms with Crippen LogP contribution in [0.1, 0.15) is 0 Å². The third kappa shape index (κ3) is 0.719. The van der Waals surface area contributed by atoms with Crippen LogP contribution in [0.25, 0.3) is 11.4 Å². The molecule has 0 aliphatic rings. The summed E-state index contributed by atoms with van der Waals surface area (Å²) in [6.45, 7) is 0. The van der Waals surface area contributed by atoms with E-state index in [9.17, 15) is 0 Å². The minimum atomic E-state index is 0.786. The van der Waals surface area contributed by atoms with Crippen molar-refractivity contribution in [1.29, 1.82) is 0 Å². The molecule has 0 saturated heterocycles. The SMILES string of the molecule is [c]1occc1-c1ncc[nH]1. The van der Waals surface area contributed by atoms with Gasteiger partial charge in [-0.05, 0) is 6.07 Å². The zero-order valence-corrected chi connectivity index (χ0v) is 5.16. The first kappa shape index (κ1) is 5.29. The summed E-state index contributed by atoms with van der Waals surface area (Å²) in [5.74, 6) is 0.786. The number of aromatic nitrogens is 2. The van der Waals surface area contributed by atoms with Crippen molar-refractivity contribution < 1.29 is 4.42 Å². The monoisotopic (exact) mass is 133 g/mol. The first-order valence-corrected chi connectivity index (χ1v) is 2.92. The molecule has 2 heterocycles. The Balaban J connectivity index is 2.48. The number of furan rings is 1. The minimum absolute atomic E-state index is 0.786. The fourth-order valence-corrected chi connectivity index (χ4v) is 0.773. The summed E-state index contributed by atoms with van der Waals surface area (Å²) in [6, 6.07) is 1.80. The average molecular weight is 133 g/mol. The Morgan fingerprint density at radius 2 is 2.60 bits per heavy atom. The van der Waals surface area contributed by atoms with Crippen LogP contribution in [0.4, 0.5) is 0 Å². The normalized spacial score (nSPS) is 10.0. The van der Waals surface area contributed by atoms with Gasteiger partial charge in [-0.25, -0.2) is 4.98 Å². The van der Waals surface area contributed by atoms with Crippen molar-refractivity contribution >= 4 is 0 Å². The number of hydrogen-bond donors (Lipinski definition) is 1. The second-order valence-corrected chi connectivity index (χ2v) is 1.87. The Kier molecular flexibility index (Phi) is 1.07. The molecule has 0 spiro atoms. The lowest BCUT2D eigenvalue weighted by atomic mass is 10.3. The van der Waals surface area contributed by atoms with Crippen molar-refractivity contribution in [3.05, 3.63) is 31.0 Å². The van der Waals surface area contributed by atoms with Gasteiger partial charge in [-0.1, -0.05) is 0 Å². The molecule has 10 heavy (non-hydrogen) atoms. The molecule has 3 heteroatoms. The molecule has 0 saturated carbocycles. The van der Waals surface area contributed by atoms with Crippen LogP contribution in [0.2, 0.25) is 0 Å². The molecule has 0 bridgehead atoms. The van der Waals surface area contributed by atoms with Crippen LogP contribution in [-0.4, -0.2) is 9.97 Å². The lowest BCUT2D eigenvalue weighted by Crippen LogP contribution is -1.73. The molecule has 0 atom stereocenters. The summed E-state index contributed by atoms with van der Waals surface area (Å²) in [4.78, 5) is 6.95. The van der Waals surface area contributed by atoms with Gasteiger partial charge in [-0.3, -0.25) is 0 Å². The number of hydrogen-bond acceptors (Lipinski definition) is 2. The van der Waals surface area contributed by atoms with Gasteiger partial charge in [0.05, 0.1) is 11.8 Å². The van der Waals surface area contributed by atoms with E-state index < -0.39 is 0 Å². The summed E-state index contributed by atoms with van der Waals surface area (Å²) < 4.78 is 4.75. The molecule has 0 aromatic carbocycles. The van der Waals surface area contributed by atoms with E-state index >= 15 is 0 Å². The fraction of sp³-hybridized carbons (Fsp3) is 0. The van der Waals surface area contributed by atoms with E-state index in [0.717, 1.165) is 11.4 Å². The summed E-state index contributed by atoms with van der Waals surface area (Å²) in [5, 5.41) is 0. The van der Waals surface area contributed by atoms with Gasteiger partial charge in [0.15, 0.2) is 6.26 Å². The van der Waals surface area contributed by atoms with Gasteiger partial charge < -0.3 is 9.40 Å². The fourth-order valence-electron chi connectivity index (χ4n) is 0.773. The quantitative estimate of drug-likeness (QED) is 0.640. The predicted octanol–water partition coefficient (Wildman–Crippen LogP) is 1.47. The minimum Gasteiger partial charge on any atom is -0.460 e. The topological polar surface area (TPSA) is 41.8 Å². The van der Waals surface area contributed by atoms with E-state index in [0.29, 0.717) is 0 Å². The van der Waals surface area contributed by atoms with E-state index in [1.54, 1.807) is 24.7 Å². The maximum atomic E-state index is 4.75. The highest BCUT2D eigenvalue weighted by molar-refractivity contribution is 5.51. The number of rotatable bonds is 1. The van der Waals surface area contributed by atoms with Gasteiger partial charge in [-0.15, -0.1) is 0 Å². The molecule has 0 aliphatic carbocycles. The standard InChI is InChI=1S/C7H5N2O/c1-4-10-5-6(1)7-8-2-3-9-7/h1-4H,(H,8,9). The van der Waals surface area contributed by atoms with Crippen LogP contribution in [0.15, 0.2) is 29.1 Å². The molecule has 2 aromatic rings. The summed E-state index contributed by atoms with van der Waals surface area (Å²) in [7, 11) is 0. The molecule has 1 radical (unpaired) electrons. The highest BCUT2D eigenvalue weighted by Crippen LogP contribution is 2.12. The number of H-pyrrole nitrogens is 1. The van der Waals surface area contributed by atoms with Crippen molar-refractivity contribution in [1.82, 2.24) is 9.97 Å². The van der Waals surface area contributed by atoms with Crippen LogP contribution in [0.3, 0.4) is 0 Å². The summed E-state index contributed by atoms with van der Waals surface area (Å²) in [5.41, 5.74) is 0.852. The first-order chi connectivity index (χ1) is 4.97. The zero-order chi connectivity index (χ0) is 6.81. The third-order valence-electron chi connectivity index (χ3n) is 1.22. The predicted molar refractivity (Wildman–Crippen MR) is 35.1 cm³/mol. The molecule has 0 aliphatic heterocycles. The van der Waals surface area contributed by atoms with Gasteiger partial charge in [-0.2, -0.15) is 0 Å². The Morgan fingerprint density at radius 3 is 3.20 bits per heavy atom. The molecular formula is C7H5N2O. The molecule has 3 nitrogen and oxygen atoms in total. The Hall–Kier alpha value is -1.51. The van der Waals surface area contributed by atoms with Crippen LogP contribution in [0, 0.1) is 6.26 Å². The van der Waals surface area contributed by atoms with Crippen molar-refractivity contribution in [3.8, 4) is 11.4 Å². The van der Waals surface area contributed by atoms with Gasteiger partial charge in [0.2, 0.25) is 0 Å². The molecule has 2 aromatic heterocycles. The smallest absolute Gasteiger partial charge is 0.180 e. The number of imidazole rings is 1. The van der Waals surface area contributed by atoms with Crippen LogP contribution in [-0.2, 0) is 0 Å².